The molecule has 0 amide bonds. The van der Waals surface area contributed by atoms with E-state index in [0.29, 0.717) is 11.8 Å². The van der Waals surface area contributed by atoms with E-state index in [1.165, 1.54) is 20.8 Å². The molecule has 7 atom stereocenters. The zero-order chi connectivity index (χ0) is 22.9. The van der Waals surface area contributed by atoms with E-state index in [9.17, 15) is 19.5 Å². The smallest absolute Gasteiger partial charge is 0.303 e. The summed E-state index contributed by atoms with van der Waals surface area (Å²) in [6, 6.07) is 0. The molecule has 0 spiro atoms. The van der Waals surface area contributed by atoms with Crippen LogP contribution in [0.15, 0.2) is 11.6 Å². The molecule has 0 aromatic carbocycles. The normalized spacial score (nSPS) is 35.9. The second kappa shape index (κ2) is 9.26. The number of aliphatic hydroxyl groups is 1. The van der Waals surface area contributed by atoms with Crippen molar-refractivity contribution in [2.24, 2.45) is 17.3 Å². The fourth-order valence-corrected chi connectivity index (χ4v) is 4.96. The van der Waals surface area contributed by atoms with Gasteiger partial charge in [-0.3, -0.25) is 14.4 Å². The highest BCUT2D eigenvalue weighted by Crippen LogP contribution is 2.59. The summed E-state index contributed by atoms with van der Waals surface area (Å²) in [7, 11) is 0. The Bertz CT molecular complexity index is 743. The summed E-state index contributed by atoms with van der Waals surface area (Å²) >= 11 is 0. The Kier molecular flexibility index (Phi) is 7.08. The van der Waals surface area contributed by atoms with Gasteiger partial charge in [0.25, 0.3) is 0 Å². The Morgan fingerprint density at radius 2 is 1.61 bits per heavy atom. The van der Waals surface area contributed by atoms with Crippen LogP contribution in [0, 0.1) is 17.3 Å². The average Bonchev–Trinajstić information content (AvgIpc) is 2.68. The molecule has 31 heavy (non-hydrogen) atoms. The first-order valence-corrected chi connectivity index (χ1v) is 10.6. The lowest BCUT2D eigenvalue weighted by molar-refractivity contribution is -0.306. The molecular weight excluding hydrogens is 408 g/mol. The molecular formula is C22H32O9. The minimum absolute atomic E-state index is 0.213. The summed E-state index contributed by atoms with van der Waals surface area (Å²) in [5, 5.41) is 9.81. The van der Waals surface area contributed by atoms with E-state index in [1.54, 1.807) is 0 Å². The number of esters is 3. The molecule has 1 saturated carbocycles. The Hall–Kier alpha value is -1.97. The minimum atomic E-state index is -1.19. The maximum absolute atomic E-state index is 11.8. The van der Waals surface area contributed by atoms with Crippen molar-refractivity contribution in [2.45, 2.75) is 78.2 Å². The number of hydrogen-bond acceptors (Lipinski definition) is 9. The number of ether oxygens (including phenoxy) is 5. The molecule has 3 aliphatic carbocycles. The van der Waals surface area contributed by atoms with Gasteiger partial charge in [0.05, 0.1) is 13.2 Å². The maximum Gasteiger partial charge on any atom is 0.303 e. The zero-order valence-electron chi connectivity index (χ0n) is 18.7. The lowest BCUT2D eigenvalue weighted by atomic mass is 9.49. The van der Waals surface area contributed by atoms with Crippen molar-refractivity contribution >= 4 is 17.9 Å². The van der Waals surface area contributed by atoms with E-state index in [4.69, 9.17) is 23.7 Å². The third-order valence-electron chi connectivity index (χ3n) is 6.67. The fraction of sp³-hybridized carbons (Fsp3) is 0.773. The van der Waals surface area contributed by atoms with Gasteiger partial charge in [-0.05, 0) is 35.7 Å². The van der Waals surface area contributed by atoms with Crippen LogP contribution in [0.25, 0.3) is 0 Å². The molecule has 174 valence electrons. The summed E-state index contributed by atoms with van der Waals surface area (Å²) in [6.07, 6.45) is -1.35. The van der Waals surface area contributed by atoms with Gasteiger partial charge >= 0.3 is 17.9 Å². The van der Waals surface area contributed by atoms with Crippen LogP contribution in [0.3, 0.4) is 0 Å². The van der Waals surface area contributed by atoms with Crippen molar-refractivity contribution in [1.82, 2.24) is 0 Å². The first-order valence-electron chi connectivity index (χ1n) is 10.6. The lowest BCUT2D eigenvalue weighted by Crippen LogP contribution is -2.62. The molecule has 1 saturated heterocycles. The quantitative estimate of drug-likeness (QED) is 0.357. The van der Waals surface area contributed by atoms with Crippen LogP contribution >= 0.6 is 0 Å². The van der Waals surface area contributed by atoms with E-state index >= 15 is 0 Å². The number of carbonyl (C=O) groups is 3. The van der Waals surface area contributed by atoms with Crippen molar-refractivity contribution in [3.05, 3.63) is 11.6 Å². The van der Waals surface area contributed by atoms with Crippen LogP contribution in [0.1, 0.15) is 47.5 Å². The molecule has 0 aromatic heterocycles. The Morgan fingerprint density at radius 1 is 1.03 bits per heavy atom. The summed E-state index contributed by atoms with van der Waals surface area (Å²) in [5.74, 6) is -0.859. The SMILES string of the molecule is CC(=O)O[C@@H]1[C@@H](OC(C)=O)[C@H](OCC2=CC[C@H]3C[C@@H]2C3(C)C)O[C@H](CO)[C@H]1OC(C)=O. The maximum atomic E-state index is 11.8. The molecule has 4 rings (SSSR count). The first-order chi connectivity index (χ1) is 14.5. The van der Waals surface area contributed by atoms with Gasteiger partial charge in [-0.15, -0.1) is 0 Å². The van der Waals surface area contributed by atoms with Gasteiger partial charge in [0.2, 0.25) is 0 Å². The molecule has 1 heterocycles. The van der Waals surface area contributed by atoms with Gasteiger partial charge in [0.1, 0.15) is 6.10 Å². The monoisotopic (exact) mass is 440 g/mol. The highest BCUT2D eigenvalue weighted by atomic mass is 16.7. The van der Waals surface area contributed by atoms with Crippen molar-refractivity contribution in [1.29, 1.82) is 0 Å². The number of aliphatic hydroxyl groups excluding tert-OH is 1. The van der Waals surface area contributed by atoms with Crippen LogP contribution in [-0.2, 0) is 38.1 Å². The van der Waals surface area contributed by atoms with Crippen molar-refractivity contribution in [2.75, 3.05) is 13.2 Å². The van der Waals surface area contributed by atoms with E-state index in [2.05, 4.69) is 19.9 Å². The predicted octanol–water partition coefficient (Wildman–Crippen LogP) is 1.51. The molecule has 0 unspecified atom stereocenters. The van der Waals surface area contributed by atoms with Crippen LogP contribution in [0.5, 0.6) is 0 Å². The molecule has 9 nitrogen and oxygen atoms in total. The average molecular weight is 440 g/mol. The molecule has 1 aliphatic heterocycles. The number of rotatable bonds is 7. The number of fused-ring (bicyclic) bond motifs is 1. The highest BCUT2D eigenvalue weighted by Gasteiger charge is 2.54. The van der Waals surface area contributed by atoms with E-state index < -0.39 is 55.2 Å². The molecule has 4 aliphatic rings. The standard InChI is InChI=1S/C22H32O9/c1-11(24)28-18-17(9-23)31-21(20(30-13(3)26)19(18)29-12(2)25)27-10-14-6-7-15-8-16(14)22(15,4)5/h6,15-21,23H,7-10H2,1-5H3/t15-,16-,17+,18+,19-,20+,21+/m0/s1. The number of allylic oxidation sites excluding steroid dienone is 1. The minimum Gasteiger partial charge on any atom is -0.456 e. The topological polar surface area (TPSA) is 118 Å². The van der Waals surface area contributed by atoms with Crippen LogP contribution in [0.4, 0.5) is 0 Å². The van der Waals surface area contributed by atoms with Gasteiger partial charge in [-0.25, -0.2) is 0 Å². The Balaban J connectivity index is 1.81. The third kappa shape index (κ3) is 4.94. The number of carbonyl (C=O) groups excluding carboxylic acids is 3. The van der Waals surface area contributed by atoms with Gasteiger partial charge in [-0.2, -0.15) is 0 Å². The molecule has 2 fully saturated rings. The van der Waals surface area contributed by atoms with Gasteiger partial charge in [0.15, 0.2) is 24.6 Å². The largest absolute Gasteiger partial charge is 0.456 e. The third-order valence-corrected chi connectivity index (χ3v) is 6.67. The van der Waals surface area contributed by atoms with E-state index in [1.807, 2.05) is 0 Å². The first kappa shape index (κ1) is 23.7. The van der Waals surface area contributed by atoms with Crippen molar-refractivity contribution in [3.63, 3.8) is 0 Å². The van der Waals surface area contributed by atoms with Crippen LogP contribution in [-0.4, -0.2) is 66.9 Å². The summed E-state index contributed by atoms with van der Waals surface area (Å²) in [4.78, 5) is 35.1. The molecule has 0 aromatic rings. The second-order valence-electron chi connectivity index (χ2n) is 9.08. The predicted molar refractivity (Wildman–Crippen MR) is 106 cm³/mol. The highest BCUT2D eigenvalue weighted by molar-refractivity contribution is 5.68. The summed E-state index contributed by atoms with van der Waals surface area (Å²) in [6.45, 7) is 7.83. The molecule has 0 radical (unpaired) electrons. The summed E-state index contributed by atoms with van der Waals surface area (Å²) in [5.41, 5.74) is 1.37. The second-order valence-corrected chi connectivity index (χ2v) is 9.08. The zero-order valence-corrected chi connectivity index (χ0v) is 18.7. The molecule has 9 heteroatoms. The van der Waals surface area contributed by atoms with E-state index in [0.717, 1.165) is 18.4 Å². The lowest BCUT2D eigenvalue weighted by Gasteiger charge is -2.56. The Labute approximate surface area is 182 Å². The van der Waals surface area contributed by atoms with Crippen LogP contribution < -0.4 is 0 Å². The number of hydrogen-bond donors (Lipinski definition) is 1. The summed E-state index contributed by atoms with van der Waals surface area (Å²) < 4.78 is 27.8. The van der Waals surface area contributed by atoms with Crippen molar-refractivity contribution in [3.8, 4) is 0 Å². The molecule has 1 N–H and O–H groups in total. The fourth-order valence-electron chi connectivity index (χ4n) is 4.96. The van der Waals surface area contributed by atoms with E-state index in [-0.39, 0.29) is 12.0 Å². The Morgan fingerprint density at radius 3 is 2.13 bits per heavy atom. The van der Waals surface area contributed by atoms with Crippen molar-refractivity contribution < 1.29 is 43.2 Å². The molecule has 2 bridgehead atoms. The van der Waals surface area contributed by atoms with Crippen LogP contribution in [0.2, 0.25) is 0 Å². The van der Waals surface area contributed by atoms with Gasteiger partial charge in [0, 0.05) is 20.8 Å². The van der Waals surface area contributed by atoms with Gasteiger partial charge in [-0.1, -0.05) is 19.9 Å². The van der Waals surface area contributed by atoms with Gasteiger partial charge < -0.3 is 28.8 Å².